The Labute approximate surface area is 188 Å². The zero-order valence-electron chi connectivity index (χ0n) is 18.4. The van der Waals surface area contributed by atoms with Gasteiger partial charge in [0.25, 0.3) is 6.43 Å². The molecule has 0 bridgehead atoms. The topological polar surface area (TPSA) is 12.5 Å². The summed E-state index contributed by atoms with van der Waals surface area (Å²) in [7, 11) is 0. The van der Waals surface area contributed by atoms with E-state index in [9.17, 15) is 13.2 Å². The number of halogens is 3. The van der Waals surface area contributed by atoms with Crippen molar-refractivity contribution in [3.63, 3.8) is 0 Å². The Balaban J connectivity index is 1.35. The summed E-state index contributed by atoms with van der Waals surface area (Å²) in [5.41, 5.74) is 4.47. The van der Waals surface area contributed by atoms with Crippen LogP contribution in [0.3, 0.4) is 0 Å². The molecule has 4 rings (SSSR count). The Morgan fingerprint density at radius 2 is 1.34 bits per heavy atom. The minimum Gasteiger partial charge on any atom is -0.368 e. The van der Waals surface area contributed by atoms with Gasteiger partial charge in [-0.1, -0.05) is 74.0 Å². The van der Waals surface area contributed by atoms with E-state index in [0.717, 1.165) is 44.1 Å². The van der Waals surface area contributed by atoms with Crippen molar-refractivity contribution in [1.82, 2.24) is 0 Å². The van der Waals surface area contributed by atoms with Crippen LogP contribution in [0.1, 0.15) is 66.5 Å². The number of aryl methyl sites for hydroxylation is 3. The van der Waals surface area contributed by atoms with Gasteiger partial charge in [0.05, 0.1) is 12.2 Å². The Morgan fingerprint density at radius 3 is 1.84 bits per heavy atom. The third-order valence-electron chi connectivity index (χ3n) is 6.12. The van der Waals surface area contributed by atoms with Crippen molar-refractivity contribution in [3.8, 4) is 11.1 Å². The molecule has 1 saturated heterocycles. The molecule has 1 aliphatic heterocycles. The number of ether oxygens (including phenoxy) is 1. The second-order valence-corrected chi connectivity index (χ2v) is 8.52. The summed E-state index contributed by atoms with van der Waals surface area (Å²) >= 11 is 0. The fraction of sp³-hybridized carbons (Fsp3) is 0.357. The molecule has 3 aromatic carbocycles. The van der Waals surface area contributed by atoms with Crippen molar-refractivity contribution in [2.24, 2.45) is 0 Å². The first-order valence-corrected chi connectivity index (χ1v) is 11.5. The smallest absolute Gasteiger partial charge is 0.267 e. The van der Waals surface area contributed by atoms with Gasteiger partial charge >= 0.3 is 0 Å². The predicted octanol–water partition coefficient (Wildman–Crippen LogP) is 8.02. The number of rotatable bonds is 10. The molecule has 0 aromatic heterocycles. The van der Waals surface area contributed by atoms with Crippen LogP contribution in [0.5, 0.6) is 0 Å². The number of hydrogen-bond donors (Lipinski definition) is 0. The van der Waals surface area contributed by atoms with Crippen LogP contribution in [0.15, 0.2) is 60.7 Å². The number of unbranched alkanes of at least 4 members (excludes halogenated alkanes) is 1. The van der Waals surface area contributed by atoms with Gasteiger partial charge in [0.1, 0.15) is 11.9 Å². The Kier molecular flexibility index (Phi) is 7.31. The SMILES string of the molecule is CCCc1ccc(CCCCc2ccc(-c3ccc(C4CO4)c(F)c3C(F)F)cc2)cc1. The standard InChI is InChI=1S/C28H29F3O/c1-2-5-19-8-10-20(11-9-19)6-3-4-7-21-12-14-22(15-13-21)23-16-17-24(25-18-32-25)27(29)26(23)28(30)31/h8-17,25,28H,2-7,18H2,1H3. The molecule has 0 N–H and O–H groups in total. The summed E-state index contributed by atoms with van der Waals surface area (Å²) in [5.74, 6) is -0.841. The van der Waals surface area contributed by atoms with E-state index in [1.807, 2.05) is 24.3 Å². The van der Waals surface area contributed by atoms with Crippen LogP contribution >= 0.6 is 0 Å². The molecular formula is C28H29F3O. The van der Waals surface area contributed by atoms with Crippen LogP contribution in [0.2, 0.25) is 0 Å². The van der Waals surface area contributed by atoms with Crippen LogP contribution in [0.4, 0.5) is 13.2 Å². The first kappa shape index (κ1) is 22.6. The molecule has 0 aliphatic carbocycles. The fourth-order valence-electron chi connectivity index (χ4n) is 4.22. The molecule has 1 fully saturated rings. The highest BCUT2D eigenvalue weighted by atomic mass is 19.3. The van der Waals surface area contributed by atoms with Gasteiger partial charge in [0.2, 0.25) is 0 Å². The average Bonchev–Trinajstić information content (AvgIpc) is 3.63. The molecule has 0 radical (unpaired) electrons. The van der Waals surface area contributed by atoms with Crippen LogP contribution < -0.4 is 0 Å². The van der Waals surface area contributed by atoms with Crippen LogP contribution in [-0.4, -0.2) is 6.61 Å². The minimum absolute atomic E-state index is 0.223. The van der Waals surface area contributed by atoms with Crippen molar-refractivity contribution < 1.29 is 17.9 Å². The number of hydrogen-bond acceptors (Lipinski definition) is 1. The highest BCUT2D eigenvalue weighted by Crippen LogP contribution is 2.40. The van der Waals surface area contributed by atoms with Gasteiger partial charge in [-0.2, -0.15) is 0 Å². The number of benzene rings is 3. The lowest BCUT2D eigenvalue weighted by Gasteiger charge is -2.13. The van der Waals surface area contributed by atoms with E-state index in [-0.39, 0.29) is 11.1 Å². The maximum absolute atomic E-state index is 14.7. The minimum atomic E-state index is -2.88. The zero-order chi connectivity index (χ0) is 22.5. The van der Waals surface area contributed by atoms with Gasteiger partial charge < -0.3 is 4.74 Å². The lowest BCUT2D eigenvalue weighted by atomic mass is 9.94. The molecule has 3 aromatic rings. The second kappa shape index (κ2) is 10.4. The predicted molar refractivity (Wildman–Crippen MR) is 123 cm³/mol. The fourth-order valence-corrected chi connectivity index (χ4v) is 4.22. The van der Waals surface area contributed by atoms with Crippen molar-refractivity contribution in [2.75, 3.05) is 6.61 Å². The molecule has 0 amide bonds. The van der Waals surface area contributed by atoms with Gasteiger partial charge in [-0.05, 0) is 59.9 Å². The van der Waals surface area contributed by atoms with Crippen LogP contribution in [0.25, 0.3) is 11.1 Å². The van der Waals surface area contributed by atoms with E-state index in [1.165, 1.54) is 11.1 Å². The van der Waals surface area contributed by atoms with E-state index >= 15 is 0 Å². The van der Waals surface area contributed by atoms with E-state index in [0.29, 0.717) is 12.2 Å². The summed E-state index contributed by atoms with van der Waals surface area (Å²) in [6.07, 6.45) is 3.17. The molecule has 1 aliphatic rings. The van der Waals surface area contributed by atoms with E-state index in [2.05, 4.69) is 31.2 Å². The molecule has 32 heavy (non-hydrogen) atoms. The molecular weight excluding hydrogens is 409 g/mol. The number of epoxide rings is 1. The monoisotopic (exact) mass is 438 g/mol. The Morgan fingerprint density at radius 1 is 0.812 bits per heavy atom. The van der Waals surface area contributed by atoms with Crippen molar-refractivity contribution in [3.05, 3.63) is 94.3 Å². The van der Waals surface area contributed by atoms with E-state index in [1.54, 1.807) is 12.1 Å². The Bertz CT molecular complexity index is 1020. The van der Waals surface area contributed by atoms with Gasteiger partial charge in [-0.3, -0.25) is 0 Å². The normalized spacial score (nSPS) is 15.3. The van der Waals surface area contributed by atoms with E-state index < -0.39 is 23.9 Å². The molecule has 0 spiro atoms. The largest absolute Gasteiger partial charge is 0.368 e. The molecule has 1 heterocycles. The molecule has 1 atom stereocenters. The highest BCUT2D eigenvalue weighted by Gasteiger charge is 2.32. The maximum Gasteiger partial charge on any atom is 0.267 e. The summed E-state index contributed by atoms with van der Waals surface area (Å²) in [6, 6.07) is 19.6. The van der Waals surface area contributed by atoms with Crippen molar-refractivity contribution in [1.29, 1.82) is 0 Å². The van der Waals surface area contributed by atoms with Gasteiger partial charge in [0.15, 0.2) is 0 Å². The summed E-state index contributed by atoms with van der Waals surface area (Å²) < 4.78 is 47.0. The van der Waals surface area contributed by atoms with Crippen LogP contribution in [0, 0.1) is 5.82 Å². The first-order chi connectivity index (χ1) is 15.6. The summed E-state index contributed by atoms with van der Waals surface area (Å²) in [6.45, 7) is 2.58. The molecule has 4 heteroatoms. The first-order valence-electron chi connectivity index (χ1n) is 11.5. The third kappa shape index (κ3) is 5.42. The lowest BCUT2D eigenvalue weighted by molar-refractivity contribution is 0.146. The molecule has 168 valence electrons. The van der Waals surface area contributed by atoms with Crippen molar-refractivity contribution >= 4 is 0 Å². The van der Waals surface area contributed by atoms with Gasteiger partial charge in [0, 0.05) is 5.56 Å². The van der Waals surface area contributed by atoms with Crippen molar-refractivity contribution in [2.45, 2.75) is 58.0 Å². The molecule has 0 saturated carbocycles. The zero-order valence-corrected chi connectivity index (χ0v) is 18.4. The summed E-state index contributed by atoms with van der Waals surface area (Å²) in [5, 5.41) is 0. The van der Waals surface area contributed by atoms with Gasteiger partial charge in [-0.25, -0.2) is 13.2 Å². The number of alkyl halides is 2. The lowest BCUT2D eigenvalue weighted by Crippen LogP contribution is -2.00. The second-order valence-electron chi connectivity index (χ2n) is 8.52. The van der Waals surface area contributed by atoms with Crippen LogP contribution in [-0.2, 0) is 24.0 Å². The summed E-state index contributed by atoms with van der Waals surface area (Å²) in [4.78, 5) is 0. The highest BCUT2D eigenvalue weighted by molar-refractivity contribution is 5.69. The Hall–Kier alpha value is -2.59. The average molecular weight is 439 g/mol. The molecule has 1 nitrogen and oxygen atoms in total. The quantitative estimate of drug-likeness (QED) is 0.231. The molecule has 1 unspecified atom stereocenters. The van der Waals surface area contributed by atoms with Gasteiger partial charge in [-0.15, -0.1) is 0 Å². The maximum atomic E-state index is 14.7. The third-order valence-corrected chi connectivity index (χ3v) is 6.12. The van der Waals surface area contributed by atoms with E-state index in [4.69, 9.17) is 4.74 Å².